The SMILES string of the molecule is CCCN1CCCC(C(C)NCC(C)CO)C1. The van der Waals surface area contributed by atoms with Crippen LogP contribution in [-0.4, -0.2) is 48.8 Å². The van der Waals surface area contributed by atoms with Crippen molar-refractivity contribution in [3.63, 3.8) is 0 Å². The molecule has 3 unspecified atom stereocenters. The third-order valence-corrected chi connectivity index (χ3v) is 3.89. The first-order valence-corrected chi connectivity index (χ1v) is 7.24. The number of likely N-dealkylation sites (tertiary alicyclic amines) is 1. The average molecular weight is 242 g/mol. The molecule has 2 N–H and O–H groups in total. The standard InChI is InChI=1S/C14H30N2O/c1-4-7-16-8-5-6-14(10-16)13(3)15-9-12(2)11-17/h12-15,17H,4-11H2,1-3H3. The van der Waals surface area contributed by atoms with Crippen LogP contribution in [0.25, 0.3) is 0 Å². The smallest absolute Gasteiger partial charge is 0.0468 e. The highest BCUT2D eigenvalue weighted by atomic mass is 16.3. The summed E-state index contributed by atoms with van der Waals surface area (Å²) in [6.07, 6.45) is 3.95. The van der Waals surface area contributed by atoms with E-state index in [-0.39, 0.29) is 6.61 Å². The Morgan fingerprint density at radius 2 is 2.18 bits per heavy atom. The predicted molar refractivity (Wildman–Crippen MR) is 73.2 cm³/mol. The molecule has 3 nitrogen and oxygen atoms in total. The van der Waals surface area contributed by atoms with Crippen molar-refractivity contribution in [2.45, 2.75) is 46.1 Å². The van der Waals surface area contributed by atoms with Crippen molar-refractivity contribution in [2.75, 3.05) is 32.8 Å². The first-order valence-electron chi connectivity index (χ1n) is 7.24. The fourth-order valence-electron chi connectivity index (χ4n) is 2.64. The van der Waals surface area contributed by atoms with Crippen LogP contribution in [0.3, 0.4) is 0 Å². The molecule has 0 amide bonds. The molecule has 0 spiro atoms. The lowest BCUT2D eigenvalue weighted by molar-refractivity contribution is 0.146. The summed E-state index contributed by atoms with van der Waals surface area (Å²) < 4.78 is 0. The maximum atomic E-state index is 9.02. The van der Waals surface area contributed by atoms with Crippen molar-refractivity contribution in [2.24, 2.45) is 11.8 Å². The average Bonchev–Trinajstić information content (AvgIpc) is 2.36. The van der Waals surface area contributed by atoms with Gasteiger partial charge in [-0.2, -0.15) is 0 Å². The molecule has 0 bridgehead atoms. The second-order valence-electron chi connectivity index (χ2n) is 5.69. The zero-order chi connectivity index (χ0) is 12.7. The topological polar surface area (TPSA) is 35.5 Å². The zero-order valence-electron chi connectivity index (χ0n) is 11.8. The van der Waals surface area contributed by atoms with Gasteiger partial charge in [-0.1, -0.05) is 13.8 Å². The Bertz CT molecular complexity index is 197. The lowest BCUT2D eigenvalue weighted by atomic mass is 9.91. The first-order chi connectivity index (χ1) is 8.17. The summed E-state index contributed by atoms with van der Waals surface area (Å²) in [7, 11) is 0. The minimum absolute atomic E-state index is 0.284. The highest BCUT2D eigenvalue weighted by Crippen LogP contribution is 2.19. The van der Waals surface area contributed by atoms with E-state index in [1.54, 1.807) is 0 Å². The molecular formula is C14H30N2O. The summed E-state index contributed by atoms with van der Waals surface area (Å²) in [6, 6.07) is 0.573. The Hall–Kier alpha value is -0.120. The van der Waals surface area contributed by atoms with Gasteiger partial charge in [0.05, 0.1) is 0 Å². The Labute approximate surface area is 107 Å². The van der Waals surface area contributed by atoms with Crippen molar-refractivity contribution in [1.29, 1.82) is 0 Å². The van der Waals surface area contributed by atoms with Crippen LogP contribution in [0.5, 0.6) is 0 Å². The highest BCUT2D eigenvalue weighted by molar-refractivity contribution is 4.80. The maximum Gasteiger partial charge on any atom is 0.0468 e. The van der Waals surface area contributed by atoms with Gasteiger partial charge in [-0.3, -0.25) is 0 Å². The van der Waals surface area contributed by atoms with Gasteiger partial charge in [-0.25, -0.2) is 0 Å². The molecule has 1 aliphatic rings. The van der Waals surface area contributed by atoms with E-state index in [0.29, 0.717) is 12.0 Å². The third-order valence-electron chi connectivity index (χ3n) is 3.89. The number of nitrogens with one attached hydrogen (secondary N) is 1. The molecule has 1 heterocycles. The van der Waals surface area contributed by atoms with Crippen LogP contribution in [0, 0.1) is 11.8 Å². The molecule has 3 atom stereocenters. The molecule has 17 heavy (non-hydrogen) atoms. The van der Waals surface area contributed by atoms with Gasteiger partial charge < -0.3 is 15.3 Å². The number of aliphatic hydroxyl groups excluding tert-OH is 1. The molecule has 0 saturated carbocycles. The molecule has 102 valence electrons. The normalized spacial score (nSPS) is 25.8. The summed E-state index contributed by atoms with van der Waals surface area (Å²) in [6.45, 7) is 11.6. The largest absolute Gasteiger partial charge is 0.396 e. The minimum atomic E-state index is 0.284. The van der Waals surface area contributed by atoms with Crippen LogP contribution in [0.4, 0.5) is 0 Å². The number of rotatable bonds is 7. The summed E-state index contributed by atoms with van der Waals surface area (Å²) in [5.74, 6) is 1.15. The lowest BCUT2D eigenvalue weighted by Crippen LogP contribution is -2.45. The fraction of sp³-hybridized carbons (Fsp3) is 1.00. The molecule has 0 aliphatic carbocycles. The summed E-state index contributed by atoms with van der Waals surface area (Å²) in [5.41, 5.74) is 0. The van der Waals surface area contributed by atoms with Gasteiger partial charge in [-0.15, -0.1) is 0 Å². The summed E-state index contributed by atoms with van der Waals surface area (Å²) >= 11 is 0. The molecule has 1 saturated heterocycles. The van der Waals surface area contributed by atoms with Gasteiger partial charge in [0.2, 0.25) is 0 Å². The van der Waals surface area contributed by atoms with Crippen LogP contribution in [0.2, 0.25) is 0 Å². The van der Waals surface area contributed by atoms with E-state index in [1.807, 2.05) is 0 Å². The van der Waals surface area contributed by atoms with Crippen molar-refractivity contribution >= 4 is 0 Å². The van der Waals surface area contributed by atoms with E-state index < -0.39 is 0 Å². The van der Waals surface area contributed by atoms with E-state index in [2.05, 4.69) is 31.0 Å². The van der Waals surface area contributed by atoms with Gasteiger partial charge in [0.1, 0.15) is 0 Å². The molecule has 0 radical (unpaired) electrons. The molecular weight excluding hydrogens is 212 g/mol. The number of aliphatic hydroxyl groups is 1. The van der Waals surface area contributed by atoms with Crippen LogP contribution in [0.1, 0.15) is 40.0 Å². The van der Waals surface area contributed by atoms with E-state index in [4.69, 9.17) is 5.11 Å². The van der Waals surface area contributed by atoms with E-state index in [0.717, 1.165) is 12.5 Å². The number of hydrogen-bond donors (Lipinski definition) is 2. The molecule has 0 aromatic rings. The maximum absolute atomic E-state index is 9.02. The first kappa shape index (κ1) is 14.9. The van der Waals surface area contributed by atoms with Crippen molar-refractivity contribution in [3.05, 3.63) is 0 Å². The number of nitrogens with zero attached hydrogens (tertiary/aromatic N) is 1. The number of hydrogen-bond acceptors (Lipinski definition) is 3. The molecule has 1 rings (SSSR count). The quantitative estimate of drug-likeness (QED) is 0.713. The van der Waals surface area contributed by atoms with Crippen LogP contribution in [0.15, 0.2) is 0 Å². The second kappa shape index (κ2) is 8.06. The van der Waals surface area contributed by atoms with Crippen LogP contribution >= 0.6 is 0 Å². The van der Waals surface area contributed by atoms with Crippen molar-refractivity contribution in [1.82, 2.24) is 10.2 Å². The Morgan fingerprint density at radius 3 is 2.82 bits per heavy atom. The molecule has 0 aromatic carbocycles. The summed E-state index contributed by atoms with van der Waals surface area (Å²) in [4.78, 5) is 2.60. The molecule has 1 aliphatic heterocycles. The monoisotopic (exact) mass is 242 g/mol. The molecule has 1 fully saturated rings. The third kappa shape index (κ3) is 5.36. The lowest BCUT2D eigenvalue weighted by Gasteiger charge is -2.36. The van der Waals surface area contributed by atoms with Crippen molar-refractivity contribution in [3.8, 4) is 0 Å². The van der Waals surface area contributed by atoms with Gasteiger partial charge in [-0.05, 0) is 51.1 Å². The zero-order valence-corrected chi connectivity index (χ0v) is 11.8. The Balaban J connectivity index is 2.27. The predicted octanol–water partition coefficient (Wildman–Crippen LogP) is 1.71. The van der Waals surface area contributed by atoms with Crippen molar-refractivity contribution < 1.29 is 5.11 Å². The minimum Gasteiger partial charge on any atom is -0.396 e. The second-order valence-corrected chi connectivity index (χ2v) is 5.69. The Kier molecular flexibility index (Phi) is 7.09. The van der Waals surface area contributed by atoms with Crippen LogP contribution < -0.4 is 5.32 Å². The van der Waals surface area contributed by atoms with Gasteiger partial charge in [0, 0.05) is 25.7 Å². The van der Waals surface area contributed by atoms with Gasteiger partial charge >= 0.3 is 0 Å². The van der Waals surface area contributed by atoms with Crippen LogP contribution in [-0.2, 0) is 0 Å². The molecule has 3 heteroatoms. The Morgan fingerprint density at radius 1 is 1.41 bits per heavy atom. The van der Waals surface area contributed by atoms with Gasteiger partial charge in [0.15, 0.2) is 0 Å². The van der Waals surface area contributed by atoms with E-state index >= 15 is 0 Å². The summed E-state index contributed by atoms with van der Waals surface area (Å²) in [5, 5.41) is 12.6. The number of piperidine rings is 1. The highest BCUT2D eigenvalue weighted by Gasteiger charge is 2.23. The van der Waals surface area contributed by atoms with E-state index in [9.17, 15) is 0 Å². The fourth-order valence-corrected chi connectivity index (χ4v) is 2.64. The van der Waals surface area contributed by atoms with E-state index in [1.165, 1.54) is 38.9 Å². The molecule has 0 aromatic heterocycles. The van der Waals surface area contributed by atoms with Gasteiger partial charge in [0.25, 0.3) is 0 Å².